The largest absolute Gasteiger partial charge is 0.317 e. The molecule has 0 aromatic carbocycles. The first-order valence-corrected chi connectivity index (χ1v) is 9.02. The van der Waals surface area contributed by atoms with Crippen LogP contribution >= 0.6 is 0 Å². The van der Waals surface area contributed by atoms with E-state index in [1.54, 1.807) is 6.92 Å². The predicted octanol–water partition coefficient (Wildman–Crippen LogP) is 7.01. The first-order chi connectivity index (χ1) is 10.6. The summed E-state index contributed by atoms with van der Waals surface area (Å²) in [6, 6.07) is 0. The second kappa shape index (κ2) is 50.1. The van der Waals surface area contributed by atoms with E-state index in [1.165, 1.54) is 31.3 Å². The number of nitrogens with one attached hydrogen (secondary N) is 1. The minimum absolute atomic E-state index is 1.10. The van der Waals surface area contributed by atoms with Gasteiger partial charge in [0, 0.05) is 0 Å². The van der Waals surface area contributed by atoms with Crippen LogP contribution in [0.3, 0.4) is 0 Å². The smallest absolute Gasteiger partial charge is 0.00297 e. The average molecular weight is 312 g/mol. The third-order valence-electron chi connectivity index (χ3n) is 2.07. The summed E-state index contributed by atoms with van der Waals surface area (Å²) >= 11 is 0. The highest BCUT2D eigenvalue weighted by molar-refractivity contribution is 5.10. The maximum absolute atomic E-state index is 4.60. The molecule has 1 nitrogen and oxygen atoms in total. The third kappa shape index (κ3) is 76.0. The second-order valence-electron chi connectivity index (χ2n) is 3.96. The molecule has 0 aromatic heterocycles. The zero-order chi connectivity index (χ0) is 18.6. The molecule has 0 spiro atoms. The lowest BCUT2D eigenvalue weighted by Gasteiger charge is -1.96. The Morgan fingerprint density at radius 3 is 1.73 bits per heavy atom. The molecule has 0 fully saturated rings. The summed E-state index contributed by atoms with van der Waals surface area (Å²) in [5, 5.41) is 3.20. The maximum atomic E-state index is 4.60. The Kier molecular flexibility index (Phi) is 74.8. The van der Waals surface area contributed by atoms with Crippen LogP contribution in [0, 0.1) is 12.3 Å². The van der Waals surface area contributed by atoms with Gasteiger partial charge in [0.25, 0.3) is 0 Å². The zero-order valence-corrected chi connectivity index (χ0v) is 17.0. The topological polar surface area (TPSA) is 12.0 Å². The molecule has 0 heterocycles. The van der Waals surface area contributed by atoms with E-state index in [1.807, 2.05) is 33.8 Å². The molecule has 22 heavy (non-hydrogen) atoms. The molecule has 0 aliphatic heterocycles. The summed E-state index contributed by atoms with van der Waals surface area (Å²) in [5.74, 6) is 2.25. The van der Waals surface area contributed by atoms with Crippen molar-refractivity contribution in [2.45, 2.75) is 87.5 Å². The van der Waals surface area contributed by atoms with Crippen molar-refractivity contribution in [3.63, 3.8) is 0 Å². The van der Waals surface area contributed by atoms with Gasteiger partial charge < -0.3 is 5.32 Å². The van der Waals surface area contributed by atoms with E-state index in [-0.39, 0.29) is 0 Å². The number of rotatable bonds is 8. The number of hydrogen-bond donors (Lipinski definition) is 1. The van der Waals surface area contributed by atoms with Gasteiger partial charge in [0.05, 0.1) is 0 Å². The summed E-state index contributed by atoms with van der Waals surface area (Å²) in [6.45, 7) is 25.9. The molecule has 0 aliphatic carbocycles. The van der Waals surface area contributed by atoms with Crippen molar-refractivity contribution in [1.82, 2.24) is 5.32 Å². The minimum Gasteiger partial charge on any atom is -0.317 e. The molecular weight excluding hydrogens is 266 g/mol. The Bertz CT molecular complexity index is 194. The fourth-order valence-electron chi connectivity index (χ4n) is 1.06. The van der Waals surface area contributed by atoms with Gasteiger partial charge in [-0.2, -0.15) is 0 Å². The normalized spacial score (nSPS) is 7.05. The lowest BCUT2D eigenvalue weighted by Crippen LogP contribution is -2.12. The highest BCUT2D eigenvalue weighted by Crippen LogP contribution is 2.06. The molecule has 0 aromatic rings. The quantitative estimate of drug-likeness (QED) is 0.289. The third-order valence-corrected chi connectivity index (χ3v) is 2.07. The Hall–Kier alpha value is -1.00. The van der Waals surface area contributed by atoms with Crippen LogP contribution < -0.4 is 5.32 Å². The van der Waals surface area contributed by atoms with Crippen molar-refractivity contribution in [3.05, 3.63) is 24.8 Å². The molecule has 0 aliphatic rings. The summed E-state index contributed by atoms with van der Waals surface area (Å²) in [7, 11) is 0. The second-order valence-corrected chi connectivity index (χ2v) is 3.96. The van der Waals surface area contributed by atoms with Crippen LogP contribution in [0.25, 0.3) is 0 Å². The van der Waals surface area contributed by atoms with Gasteiger partial charge in [-0.3, -0.25) is 0 Å². The number of hydrogen-bond acceptors (Lipinski definition) is 1. The molecule has 134 valence electrons. The van der Waals surface area contributed by atoms with Gasteiger partial charge in [0.1, 0.15) is 0 Å². The Morgan fingerprint density at radius 1 is 1.05 bits per heavy atom. The van der Waals surface area contributed by atoms with Crippen LogP contribution in [0.2, 0.25) is 0 Å². The first-order valence-electron chi connectivity index (χ1n) is 9.02. The summed E-state index contributed by atoms with van der Waals surface area (Å²) in [6.07, 6.45) is 12.7. The molecular formula is C21H45N. The fraction of sp³-hybridized carbons (Fsp3) is 0.714. The van der Waals surface area contributed by atoms with E-state index in [4.69, 9.17) is 0 Å². The molecule has 0 unspecified atom stereocenters. The summed E-state index contributed by atoms with van der Waals surface area (Å²) in [5.41, 5.74) is 1.17. The Morgan fingerprint density at radius 2 is 1.50 bits per heavy atom. The Labute approximate surface area is 143 Å². The van der Waals surface area contributed by atoms with Crippen molar-refractivity contribution in [3.8, 4) is 12.3 Å². The standard InChI is InChI=1S/C9H16.C5H13N.C3H4.2C2H6/c1-4-6-7-8-9(3)5-2;1-3-5-6-4-2;1-3-2;2*1-2/h5H,2-4,6-8H2,1H3;6H,3-5H2,1-2H3;1H,2H3;2*1-2H3. The number of allylic oxidation sites excluding steroid dienone is 2. The lowest BCUT2D eigenvalue weighted by atomic mass is 10.1. The molecule has 0 atom stereocenters. The maximum Gasteiger partial charge on any atom is -0.00297 e. The average Bonchev–Trinajstić information content (AvgIpc) is 2.58. The minimum atomic E-state index is 1.10. The van der Waals surface area contributed by atoms with E-state index in [2.05, 4.69) is 51.6 Å². The molecule has 0 radical (unpaired) electrons. The molecule has 0 bridgehead atoms. The highest BCUT2D eigenvalue weighted by Gasteiger charge is 1.86. The summed E-state index contributed by atoms with van der Waals surface area (Å²) < 4.78 is 0. The van der Waals surface area contributed by atoms with Gasteiger partial charge in [-0.15, -0.1) is 12.3 Å². The van der Waals surface area contributed by atoms with Crippen molar-refractivity contribution in [2.24, 2.45) is 0 Å². The first kappa shape index (κ1) is 32.8. The van der Waals surface area contributed by atoms with Crippen LogP contribution in [-0.4, -0.2) is 13.1 Å². The molecule has 0 saturated carbocycles. The van der Waals surface area contributed by atoms with Gasteiger partial charge in [-0.25, -0.2) is 0 Å². The zero-order valence-electron chi connectivity index (χ0n) is 17.0. The van der Waals surface area contributed by atoms with Crippen molar-refractivity contribution in [2.75, 3.05) is 13.1 Å². The van der Waals surface area contributed by atoms with Gasteiger partial charge in [0.15, 0.2) is 0 Å². The highest BCUT2D eigenvalue weighted by atomic mass is 14.8. The van der Waals surface area contributed by atoms with Gasteiger partial charge in [0.2, 0.25) is 0 Å². The fourth-order valence-corrected chi connectivity index (χ4v) is 1.06. The van der Waals surface area contributed by atoms with E-state index in [0.29, 0.717) is 0 Å². The van der Waals surface area contributed by atoms with Crippen LogP contribution in [0.5, 0.6) is 0 Å². The Balaban J connectivity index is -0.0000000642. The molecule has 1 heteroatoms. The van der Waals surface area contributed by atoms with Crippen LogP contribution in [0.1, 0.15) is 87.5 Å². The van der Waals surface area contributed by atoms with Crippen LogP contribution in [0.4, 0.5) is 0 Å². The van der Waals surface area contributed by atoms with Gasteiger partial charge in [-0.1, -0.05) is 86.1 Å². The van der Waals surface area contributed by atoms with Crippen molar-refractivity contribution in [1.29, 1.82) is 0 Å². The van der Waals surface area contributed by atoms with E-state index in [9.17, 15) is 0 Å². The molecule has 0 saturated heterocycles. The van der Waals surface area contributed by atoms with Crippen LogP contribution in [0.15, 0.2) is 24.8 Å². The monoisotopic (exact) mass is 311 g/mol. The van der Waals surface area contributed by atoms with E-state index >= 15 is 0 Å². The van der Waals surface area contributed by atoms with E-state index < -0.39 is 0 Å². The predicted molar refractivity (Wildman–Crippen MR) is 110 cm³/mol. The summed E-state index contributed by atoms with van der Waals surface area (Å²) in [4.78, 5) is 0. The van der Waals surface area contributed by atoms with Gasteiger partial charge >= 0.3 is 0 Å². The number of unbranched alkanes of at least 4 members (excludes halogenated alkanes) is 2. The van der Waals surface area contributed by atoms with Crippen molar-refractivity contribution < 1.29 is 0 Å². The van der Waals surface area contributed by atoms with Crippen molar-refractivity contribution >= 4 is 0 Å². The molecule has 1 N–H and O–H groups in total. The molecule has 0 amide bonds. The van der Waals surface area contributed by atoms with Gasteiger partial charge in [-0.05, 0) is 39.3 Å². The SMILES string of the molecule is C#CC.C=CC(=C)CCCCC.CC.CC.CCCNCC. The lowest BCUT2D eigenvalue weighted by molar-refractivity contribution is 0.703. The number of terminal acetylenes is 1. The molecule has 0 rings (SSSR count). The van der Waals surface area contributed by atoms with Crippen LogP contribution in [-0.2, 0) is 0 Å². The van der Waals surface area contributed by atoms with E-state index in [0.717, 1.165) is 19.5 Å².